The molecule has 0 radical (unpaired) electrons. The molecule has 0 aliphatic heterocycles. The van der Waals surface area contributed by atoms with Crippen LogP contribution in [0.3, 0.4) is 0 Å². The summed E-state index contributed by atoms with van der Waals surface area (Å²) in [5.41, 5.74) is 3.96. The summed E-state index contributed by atoms with van der Waals surface area (Å²) >= 11 is 0. The number of carbonyl (C=O) groups excluding carboxylic acids is 2. The predicted molar refractivity (Wildman–Crippen MR) is 108 cm³/mol. The highest BCUT2D eigenvalue weighted by Crippen LogP contribution is 2.39. The van der Waals surface area contributed by atoms with Crippen molar-refractivity contribution in [3.63, 3.8) is 0 Å². The molecule has 0 unspecified atom stereocenters. The molecule has 0 fully saturated rings. The van der Waals surface area contributed by atoms with E-state index in [0.29, 0.717) is 5.75 Å². The van der Waals surface area contributed by atoms with E-state index in [-0.39, 0.29) is 23.7 Å². The summed E-state index contributed by atoms with van der Waals surface area (Å²) in [7, 11) is 1.21. The van der Waals surface area contributed by atoms with Gasteiger partial charge in [0, 0.05) is 6.92 Å². The van der Waals surface area contributed by atoms with Gasteiger partial charge in [0.15, 0.2) is 12.4 Å². The van der Waals surface area contributed by atoms with E-state index in [1.165, 1.54) is 19.2 Å². The fourth-order valence-corrected chi connectivity index (χ4v) is 2.45. The van der Waals surface area contributed by atoms with Crippen LogP contribution in [0.25, 0.3) is 0 Å². The molecule has 0 bridgehead atoms. The molecule has 0 aliphatic carbocycles. The average molecular weight is 415 g/mol. The van der Waals surface area contributed by atoms with Gasteiger partial charge in [0.2, 0.25) is 5.75 Å². The summed E-state index contributed by atoms with van der Waals surface area (Å²) < 4.78 is 15.3. The van der Waals surface area contributed by atoms with Crippen LogP contribution in [0.15, 0.2) is 35.4 Å². The Morgan fingerprint density at radius 2 is 1.93 bits per heavy atom. The number of benzene rings is 2. The summed E-state index contributed by atoms with van der Waals surface area (Å²) in [5.74, 6) is -0.988. The van der Waals surface area contributed by atoms with Gasteiger partial charge in [-0.25, -0.2) is 5.43 Å². The zero-order chi connectivity index (χ0) is 22.3. The normalized spacial score (nSPS) is 10.5. The van der Waals surface area contributed by atoms with Gasteiger partial charge < -0.3 is 14.2 Å². The fraction of sp³-hybridized carbons (Fsp3) is 0.250. The molecule has 0 heterocycles. The van der Waals surface area contributed by atoms with E-state index in [0.717, 1.165) is 24.3 Å². The number of nitro benzene ring substituents is 1. The van der Waals surface area contributed by atoms with Crippen LogP contribution in [-0.2, 0) is 9.59 Å². The molecule has 158 valence electrons. The molecule has 1 amide bonds. The van der Waals surface area contributed by atoms with Crippen molar-refractivity contribution in [3.05, 3.63) is 57.1 Å². The van der Waals surface area contributed by atoms with Crippen LogP contribution in [0, 0.1) is 24.0 Å². The lowest BCUT2D eigenvalue weighted by Gasteiger charge is -2.09. The molecular formula is C20H21N3O7. The van der Waals surface area contributed by atoms with Crippen molar-refractivity contribution < 1.29 is 28.7 Å². The fourth-order valence-electron chi connectivity index (χ4n) is 2.45. The van der Waals surface area contributed by atoms with Crippen LogP contribution >= 0.6 is 0 Å². The number of nitrogens with one attached hydrogen (secondary N) is 1. The lowest BCUT2D eigenvalue weighted by atomic mass is 10.1. The van der Waals surface area contributed by atoms with Crippen LogP contribution in [0.5, 0.6) is 17.2 Å². The zero-order valence-corrected chi connectivity index (χ0v) is 16.9. The Labute approximate surface area is 172 Å². The van der Waals surface area contributed by atoms with Crippen LogP contribution in [0.1, 0.15) is 23.6 Å². The van der Waals surface area contributed by atoms with Gasteiger partial charge in [-0.2, -0.15) is 5.10 Å². The molecule has 2 rings (SSSR count). The van der Waals surface area contributed by atoms with E-state index < -0.39 is 22.5 Å². The Balaban J connectivity index is 2.09. The van der Waals surface area contributed by atoms with Crippen molar-refractivity contribution >= 4 is 23.8 Å². The second kappa shape index (κ2) is 10.0. The number of aryl methyl sites for hydroxylation is 2. The highest BCUT2D eigenvalue weighted by Gasteiger charge is 2.25. The monoisotopic (exact) mass is 415 g/mol. The molecule has 0 aliphatic rings. The summed E-state index contributed by atoms with van der Waals surface area (Å²) in [4.78, 5) is 33.8. The maximum absolute atomic E-state index is 11.9. The second-order valence-electron chi connectivity index (χ2n) is 6.21. The molecule has 0 saturated heterocycles. The van der Waals surface area contributed by atoms with Gasteiger partial charge in [0.05, 0.1) is 23.8 Å². The SMILES string of the molecule is COc1c(OC(C)=O)ccc(/C=N/NC(=O)COc2ccc(C)c(C)c2)c1[N+](=O)[O-]. The van der Waals surface area contributed by atoms with Crippen LogP contribution in [-0.4, -0.2) is 36.7 Å². The number of rotatable bonds is 8. The van der Waals surface area contributed by atoms with Gasteiger partial charge in [-0.1, -0.05) is 6.07 Å². The van der Waals surface area contributed by atoms with E-state index >= 15 is 0 Å². The van der Waals surface area contributed by atoms with E-state index in [1.807, 2.05) is 26.0 Å². The average Bonchev–Trinajstić information content (AvgIpc) is 2.68. The van der Waals surface area contributed by atoms with Gasteiger partial charge >= 0.3 is 11.7 Å². The maximum atomic E-state index is 11.9. The van der Waals surface area contributed by atoms with E-state index in [4.69, 9.17) is 14.2 Å². The lowest BCUT2D eigenvalue weighted by Crippen LogP contribution is -2.24. The molecule has 0 atom stereocenters. The van der Waals surface area contributed by atoms with Crippen molar-refractivity contribution in [1.29, 1.82) is 0 Å². The lowest BCUT2D eigenvalue weighted by molar-refractivity contribution is -0.385. The van der Waals surface area contributed by atoms with Crippen molar-refractivity contribution in [1.82, 2.24) is 5.43 Å². The molecule has 0 saturated carbocycles. The second-order valence-corrected chi connectivity index (χ2v) is 6.21. The first-order valence-electron chi connectivity index (χ1n) is 8.78. The third-order valence-corrected chi connectivity index (χ3v) is 4.01. The van der Waals surface area contributed by atoms with Crippen LogP contribution in [0.2, 0.25) is 0 Å². The van der Waals surface area contributed by atoms with Crippen molar-refractivity contribution in [2.45, 2.75) is 20.8 Å². The third-order valence-electron chi connectivity index (χ3n) is 4.01. The minimum Gasteiger partial charge on any atom is -0.488 e. The van der Waals surface area contributed by atoms with Crippen molar-refractivity contribution in [2.24, 2.45) is 5.10 Å². The molecule has 1 N–H and O–H groups in total. The number of methoxy groups -OCH3 is 1. The van der Waals surface area contributed by atoms with Crippen LogP contribution in [0.4, 0.5) is 5.69 Å². The number of nitrogens with zero attached hydrogens (tertiary/aromatic N) is 2. The number of carbonyl (C=O) groups is 2. The molecule has 10 heteroatoms. The Hall–Kier alpha value is -3.95. The van der Waals surface area contributed by atoms with Gasteiger partial charge in [-0.3, -0.25) is 19.7 Å². The van der Waals surface area contributed by atoms with E-state index in [1.54, 1.807) is 6.07 Å². The number of nitro groups is 1. The van der Waals surface area contributed by atoms with Gasteiger partial charge in [0.1, 0.15) is 5.75 Å². The van der Waals surface area contributed by atoms with Crippen molar-refractivity contribution in [2.75, 3.05) is 13.7 Å². The minimum atomic E-state index is -0.697. The van der Waals surface area contributed by atoms with Gasteiger partial charge in [0.25, 0.3) is 5.91 Å². The topological polar surface area (TPSA) is 129 Å². The number of hydrogen-bond donors (Lipinski definition) is 1. The first kappa shape index (κ1) is 22.3. The molecule has 10 nitrogen and oxygen atoms in total. The zero-order valence-electron chi connectivity index (χ0n) is 16.9. The Morgan fingerprint density at radius 1 is 1.20 bits per heavy atom. The first-order chi connectivity index (χ1) is 14.2. The number of ether oxygens (including phenoxy) is 3. The maximum Gasteiger partial charge on any atom is 0.323 e. The Morgan fingerprint density at radius 3 is 2.53 bits per heavy atom. The predicted octanol–water partition coefficient (Wildman–Crippen LogP) is 2.67. The Kier molecular flexibility index (Phi) is 7.45. The molecule has 30 heavy (non-hydrogen) atoms. The molecular weight excluding hydrogens is 394 g/mol. The first-order valence-corrected chi connectivity index (χ1v) is 8.78. The third kappa shape index (κ3) is 5.77. The summed E-state index contributed by atoms with van der Waals surface area (Å²) in [6, 6.07) is 8.09. The van der Waals surface area contributed by atoms with Gasteiger partial charge in [-0.15, -0.1) is 0 Å². The van der Waals surface area contributed by atoms with Gasteiger partial charge in [-0.05, 0) is 49.2 Å². The Bertz CT molecular complexity index is 1000. The number of amides is 1. The van der Waals surface area contributed by atoms with E-state index in [2.05, 4.69) is 10.5 Å². The summed E-state index contributed by atoms with van der Waals surface area (Å²) in [6.07, 6.45) is 1.09. The minimum absolute atomic E-state index is 0.0446. The summed E-state index contributed by atoms with van der Waals surface area (Å²) in [6.45, 7) is 4.78. The highest BCUT2D eigenvalue weighted by atomic mass is 16.6. The molecule has 0 aromatic heterocycles. The molecule has 2 aromatic rings. The quantitative estimate of drug-likeness (QED) is 0.231. The molecule has 2 aromatic carbocycles. The van der Waals surface area contributed by atoms with Crippen molar-refractivity contribution in [3.8, 4) is 17.2 Å². The van der Waals surface area contributed by atoms with E-state index in [9.17, 15) is 19.7 Å². The highest BCUT2D eigenvalue weighted by molar-refractivity contribution is 5.90. The standard InChI is InChI=1S/C20H21N3O7/c1-12-5-7-16(9-13(12)2)29-11-18(25)22-21-10-15-6-8-17(30-14(3)24)20(28-4)19(15)23(26)27/h5-10H,11H2,1-4H3,(H,22,25)/b21-10+. The largest absolute Gasteiger partial charge is 0.488 e. The number of hydrogen-bond acceptors (Lipinski definition) is 8. The van der Waals surface area contributed by atoms with Crippen LogP contribution < -0.4 is 19.6 Å². The molecule has 0 spiro atoms. The summed E-state index contributed by atoms with van der Waals surface area (Å²) in [5, 5.41) is 15.2. The smallest absolute Gasteiger partial charge is 0.323 e. The number of hydrazone groups is 1. The number of esters is 1.